The molecule has 2 aliphatic rings. The zero-order valence-corrected chi connectivity index (χ0v) is 52.8. The van der Waals surface area contributed by atoms with Gasteiger partial charge in [0, 0.05) is 6.42 Å². The van der Waals surface area contributed by atoms with E-state index >= 15 is 0 Å². The molecule has 1 amide bonds. The van der Waals surface area contributed by atoms with Crippen molar-refractivity contribution in [2.45, 2.75) is 312 Å². The summed E-state index contributed by atoms with van der Waals surface area (Å²) in [7, 11) is 0. The third-order valence-electron chi connectivity index (χ3n) is 15.7. The maximum atomic E-state index is 13.3. The summed E-state index contributed by atoms with van der Waals surface area (Å²) in [6, 6.07) is -0.952. The normalized spacial score (nSPS) is 24.3. The molecular formula is C71H121NO13. The average Bonchev–Trinajstić information content (AvgIpc) is 3.68. The molecule has 0 aromatic rings. The molecule has 12 unspecified atom stereocenters. The second kappa shape index (κ2) is 54.8. The van der Waals surface area contributed by atoms with Crippen molar-refractivity contribution >= 4 is 5.91 Å². The number of allylic oxidation sites excluding steroid dienone is 17. The van der Waals surface area contributed by atoms with E-state index in [2.05, 4.69) is 116 Å². The fraction of sp³-hybridized carbons (Fsp3) is 0.732. The molecule has 0 aliphatic carbocycles. The number of nitrogens with one attached hydrogen (secondary N) is 1. The maximum Gasteiger partial charge on any atom is 0.220 e. The summed E-state index contributed by atoms with van der Waals surface area (Å²) in [5.74, 6) is -0.265. The van der Waals surface area contributed by atoms with Crippen LogP contribution in [-0.4, -0.2) is 140 Å². The first kappa shape index (κ1) is 77.7. The Balaban J connectivity index is 1.75. The lowest BCUT2D eigenvalue weighted by atomic mass is 9.97. The lowest BCUT2D eigenvalue weighted by molar-refractivity contribution is -0.359. The van der Waals surface area contributed by atoms with Crippen molar-refractivity contribution < 1.29 is 64.6 Å². The monoisotopic (exact) mass is 1200 g/mol. The van der Waals surface area contributed by atoms with Crippen molar-refractivity contribution in [2.24, 2.45) is 0 Å². The van der Waals surface area contributed by atoms with E-state index in [1.807, 2.05) is 6.08 Å². The number of unbranched alkanes of at least 4 members (excludes halogenated alkanes) is 24. The summed E-state index contributed by atoms with van der Waals surface area (Å²) in [6.45, 7) is 2.66. The van der Waals surface area contributed by atoms with Crippen LogP contribution in [0.15, 0.2) is 109 Å². The molecular weight excluding hydrogens is 1070 g/mol. The predicted molar refractivity (Wildman–Crippen MR) is 345 cm³/mol. The van der Waals surface area contributed by atoms with Crippen LogP contribution in [0.1, 0.15) is 239 Å². The highest BCUT2D eigenvalue weighted by molar-refractivity contribution is 5.76. The fourth-order valence-corrected chi connectivity index (χ4v) is 10.3. The van der Waals surface area contributed by atoms with Crippen molar-refractivity contribution in [3.8, 4) is 0 Å². The molecule has 2 aliphatic heterocycles. The van der Waals surface area contributed by atoms with Crippen molar-refractivity contribution in [2.75, 3.05) is 19.8 Å². The van der Waals surface area contributed by atoms with E-state index in [0.717, 1.165) is 96.3 Å². The third kappa shape index (κ3) is 39.3. The zero-order valence-electron chi connectivity index (χ0n) is 52.8. The van der Waals surface area contributed by atoms with Gasteiger partial charge < -0.3 is 65.1 Å². The summed E-state index contributed by atoms with van der Waals surface area (Å²) < 4.78 is 22.8. The van der Waals surface area contributed by atoms with Crippen LogP contribution >= 0.6 is 0 Å². The Hall–Kier alpha value is -3.35. The molecule has 488 valence electrons. The Morgan fingerprint density at radius 2 is 0.824 bits per heavy atom. The number of rotatable bonds is 53. The largest absolute Gasteiger partial charge is 0.394 e. The first-order chi connectivity index (χ1) is 41.6. The molecule has 0 aromatic carbocycles. The Morgan fingerprint density at radius 1 is 0.435 bits per heavy atom. The van der Waals surface area contributed by atoms with E-state index in [1.165, 1.54) is 109 Å². The van der Waals surface area contributed by atoms with E-state index in [-0.39, 0.29) is 18.9 Å². The van der Waals surface area contributed by atoms with E-state index in [1.54, 1.807) is 6.08 Å². The second-order valence-electron chi connectivity index (χ2n) is 23.2. The zero-order chi connectivity index (χ0) is 61.6. The smallest absolute Gasteiger partial charge is 0.220 e. The topological polar surface area (TPSA) is 228 Å². The van der Waals surface area contributed by atoms with Crippen LogP contribution in [0, 0.1) is 0 Å². The molecule has 85 heavy (non-hydrogen) atoms. The van der Waals surface area contributed by atoms with Gasteiger partial charge >= 0.3 is 0 Å². The number of aliphatic hydroxyl groups is 8. The highest BCUT2D eigenvalue weighted by atomic mass is 16.7. The van der Waals surface area contributed by atoms with E-state index in [4.69, 9.17) is 18.9 Å². The summed E-state index contributed by atoms with van der Waals surface area (Å²) in [5.41, 5.74) is 0. The van der Waals surface area contributed by atoms with Gasteiger partial charge in [-0.15, -0.1) is 0 Å². The van der Waals surface area contributed by atoms with Gasteiger partial charge in [-0.25, -0.2) is 0 Å². The van der Waals surface area contributed by atoms with Gasteiger partial charge in [-0.1, -0.05) is 245 Å². The molecule has 0 saturated carbocycles. The SMILES string of the molecule is CC/C=C\C/C=C\C/C=C\C/C=C\C/C=C\C/C=C\CCCCCCCCCCC(=O)NC(COC1OC(CO)C(OC2OC(CO)C(O)C(O)C2O)C(O)C1O)C(O)/C=C/CC/C=C/CC/C=C/CCCCCCCCCCCCCCCC. The number of aliphatic hydroxyl groups excluding tert-OH is 8. The van der Waals surface area contributed by atoms with Gasteiger partial charge in [0.2, 0.25) is 5.91 Å². The molecule has 0 spiro atoms. The minimum absolute atomic E-state index is 0.253. The molecule has 2 heterocycles. The first-order valence-electron chi connectivity index (χ1n) is 33.6. The lowest BCUT2D eigenvalue weighted by Gasteiger charge is -2.46. The van der Waals surface area contributed by atoms with Crippen LogP contribution in [0.5, 0.6) is 0 Å². The molecule has 14 heteroatoms. The molecule has 0 radical (unpaired) electrons. The number of hydrogen-bond donors (Lipinski definition) is 9. The van der Waals surface area contributed by atoms with Gasteiger partial charge in [0.25, 0.3) is 0 Å². The average molecular weight is 1200 g/mol. The molecule has 2 rings (SSSR count). The standard InChI is InChI=1S/C71H121NO13/c1-3-5-7-9-11-13-15-17-19-21-23-25-27-29-30-31-33-35-37-39-41-43-45-47-49-51-53-55-63(76)72-59(58-82-70-68(81)66(79)69(62(57-74)84-70)85-71-67(80)65(78)64(77)61(56-73)83-71)60(75)54-52-50-48-46-44-42-40-38-36-34-32-28-26-24-22-20-18-16-14-12-10-8-6-4-2/h5,7,11,13,17,19,23,25,29-30,33,35-36,38,44,46,52,54,59-62,64-71,73-75,77-81H,3-4,6,8-10,12,14-16,18,20-22,24,26-28,31-32,34,37,39-43,45,47-51,53,55-58H2,1-2H3,(H,72,76)/b7-5-,13-11-,19-17-,25-23-,30-29-,35-33-,38-36+,46-44+,54-52+. The highest BCUT2D eigenvalue weighted by Crippen LogP contribution is 2.30. The Morgan fingerprint density at radius 3 is 1.29 bits per heavy atom. The number of hydrogen-bond acceptors (Lipinski definition) is 13. The van der Waals surface area contributed by atoms with E-state index in [9.17, 15) is 45.6 Å². The second-order valence-corrected chi connectivity index (χ2v) is 23.2. The van der Waals surface area contributed by atoms with Gasteiger partial charge in [-0.05, 0) is 96.3 Å². The summed E-state index contributed by atoms with van der Waals surface area (Å²) in [5, 5.41) is 87.3. The maximum absolute atomic E-state index is 13.3. The van der Waals surface area contributed by atoms with Gasteiger partial charge in [0.15, 0.2) is 12.6 Å². The van der Waals surface area contributed by atoms with Gasteiger partial charge in [0.05, 0.1) is 32.0 Å². The van der Waals surface area contributed by atoms with Crippen molar-refractivity contribution in [1.29, 1.82) is 0 Å². The first-order valence-corrected chi connectivity index (χ1v) is 33.6. The van der Waals surface area contributed by atoms with Crippen LogP contribution in [0.2, 0.25) is 0 Å². The highest BCUT2D eigenvalue weighted by Gasteiger charge is 2.51. The van der Waals surface area contributed by atoms with Crippen LogP contribution in [0.25, 0.3) is 0 Å². The van der Waals surface area contributed by atoms with Crippen molar-refractivity contribution in [3.63, 3.8) is 0 Å². The molecule has 0 bridgehead atoms. The number of ether oxygens (including phenoxy) is 4. The molecule has 9 N–H and O–H groups in total. The minimum atomic E-state index is -1.80. The number of carbonyl (C=O) groups is 1. The number of carbonyl (C=O) groups excluding carboxylic acids is 1. The van der Waals surface area contributed by atoms with Crippen LogP contribution < -0.4 is 5.32 Å². The summed E-state index contributed by atoms with van der Waals surface area (Å²) in [6.07, 6.45) is 61.3. The van der Waals surface area contributed by atoms with Crippen LogP contribution in [-0.2, 0) is 23.7 Å². The minimum Gasteiger partial charge on any atom is -0.394 e. The van der Waals surface area contributed by atoms with Gasteiger partial charge in [-0.3, -0.25) is 4.79 Å². The van der Waals surface area contributed by atoms with Crippen LogP contribution in [0.3, 0.4) is 0 Å². The Labute approximate surface area is 515 Å². The summed E-state index contributed by atoms with van der Waals surface area (Å²) >= 11 is 0. The Kier molecular flexibility index (Phi) is 50.1. The molecule has 12 atom stereocenters. The molecule has 2 saturated heterocycles. The summed E-state index contributed by atoms with van der Waals surface area (Å²) in [4.78, 5) is 13.3. The van der Waals surface area contributed by atoms with Crippen molar-refractivity contribution in [1.82, 2.24) is 5.32 Å². The predicted octanol–water partition coefficient (Wildman–Crippen LogP) is 13.2. The molecule has 2 fully saturated rings. The third-order valence-corrected chi connectivity index (χ3v) is 15.7. The van der Waals surface area contributed by atoms with E-state index < -0.39 is 86.8 Å². The van der Waals surface area contributed by atoms with Crippen molar-refractivity contribution in [3.05, 3.63) is 109 Å². The lowest BCUT2D eigenvalue weighted by Crippen LogP contribution is -2.65. The van der Waals surface area contributed by atoms with Gasteiger partial charge in [-0.2, -0.15) is 0 Å². The number of amides is 1. The Bertz CT molecular complexity index is 1840. The molecule has 14 nitrogen and oxygen atoms in total. The van der Waals surface area contributed by atoms with E-state index in [0.29, 0.717) is 12.8 Å². The quantitative estimate of drug-likeness (QED) is 0.0204. The fourth-order valence-electron chi connectivity index (χ4n) is 10.3. The van der Waals surface area contributed by atoms with Gasteiger partial charge in [0.1, 0.15) is 48.8 Å². The molecule has 0 aromatic heterocycles. The van der Waals surface area contributed by atoms with Crippen LogP contribution in [0.4, 0.5) is 0 Å².